The summed E-state index contributed by atoms with van der Waals surface area (Å²) < 4.78 is 26.8. The van der Waals surface area contributed by atoms with E-state index >= 15 is 0 Å². The van der Waals surface area contributed by atoms with E-state index in [0.29, 0.717) is 28.6 Å². The molecule has 0 amide bonds. The number of thiophene rings is 1. The molecule has 1 saturated carbocycles. The van der Waals surface area contributed by atoms with Gasteiger partial charge in [-0.05, 0) is 49.1 Å². The number of rotatable bonds is 9. The van der Waals surface area contributed by atoms with Crippen molar-refractivity contribution in [2.24, 2.45) is 16.8 Å². The van der Waals surface area contributed by atoms with Crippen LogP contribution >= 0.6 is 22.9 Å². The van der Waals surface area contributed by atoms with E-state index in [0.717, 1.165) is 16.0 Å². The maximum absolute atomic E-state index is 13.4. The lowest BCUT2D eigenvalue weighted by Crippen LogP contribution is -2.24. The van der Waals surface area contributed by atoms with Crippen LogP contribution in [0, 0.1) is 12.8 Å². The SMILES string of the molecule is Cc1sc(C(=O)c2cncnc2N[C@@H]2C[C@H](COS(N)(=O)=O)[C@@H](O)C2)cc1[C@@H](N)c1cccc(Cl)c1. The van der Waals surface area contributed by atoms with Gasteiger partial charge in [-0.25, -0.2) is 15.1 Å². The number of hydrogen-bond donors (Lipinski definition) is 4. The maximum atomic E-state index is 13.4. The van der Waals surface area contributed by atoms with Gasteiger partial charge in [0.25, 0.3) is 0 Å². The predicted octanol–water partition coefficient (Wildman–Crippen LogP) is 2.55. The quantitative estimate of drug-likeness (QED) is 0.292. The van der Waals surface area contributed by atoms with Crippen molar-refractivity contribution in [2.45, 2.75) is 38.0 Å². The second-order valence-electron chi connectivity index (χ2n) is 8.69. The second-order valence-corrected chi connectivity index (χ2v) is 11.6. The summed E-state index contributed by atoms with van der Waals surface area (Å²) in [7, 11) is -4.10. The van der Waals surface area contributed by atoms with Crippen LogP contribution in [0.5, 0.6) is 0 Å². The van der Waals surface area contributed by atoms with Crippen molar-refractivity contribution < 1.29 is 22.5 Å². The smallest absolute Gasteiger partial charge is 0.333 e. The van der Waals surface area contributed by atoms with Gasteiger partial charge in [0.15, 0.2) is 0 Å². The molecule has 6 N–H and O–H groups in total. The minimum Gasteiger partial charge on any atom is -0.393 e. The first-order valence-electron chi connectivity index (χ1n) is 11.1. The molecular weight excluding hydrogens is 526 g/mol. The van der Waals surface area contributed by atoms with Crippen LogP contribution in [-0.4, -0.2) is 48.0 Å². The van der Waals surface area contributed by atoms with Crippen LogP contribution in [0.4, 0.5) is 5.82 Å². The first-order chi connectivity index (χ1) is 17.0. The van der Waals surface area contributed by atoms with Crippen molar-refractivity contribution in [1.29, 1.82) is 0 Å². The molecule has 1 fully saturated rings. The Bertz CT molecular complexity index is 1370. The lowest BCUT2D eigenvalue weighted by molar-refractivity contribution is 0.101. The van der Waals surface area contributed by atoms with E-state index in [4.69, 9.17) is 22.5 Å². The summed E-state index contributed by atoms with van der Waals surface area (Å²) in [4.78, 5) is 23.1. The third-order valence-corrected chi connectivity index (χ3v) is 7.89. The summed E-state index contributed by atoms with van der Waals surface area (Å²) >= 11 is 7.45. The summed E-state index contributed by atoms with van der Waals surface area (Å²) in [6, 6.07) is 8.38. The molecule has 2 heterocycles. The largest absolute Gasteiger partial charge is 0.393 e. The Hall–Kier alpha value is -2.45. The summed E-state index contributed by atoms with van der Waals surface area (Å²) in [6.45, 7) is 1.68. The molecule has 0 aliphatic heterocycles. The number of nitrogens with zero attached hydrogens (tertiary/aromatic N) is 2. The number of benzene rings is 1. The molecule has 0 spiro atoms. The fourth-order valence-electron chi connectivity index (χ4n) is 4.32. The molecule has 13 heteroatoms. The molecule has 10 nitrogen and oxygen atoms in total. The van der Waals surface area contributed by atoms with Gasteiger partial charge in [0.2, 0.25) is 5.78 Å². The number of aromatic nitrogens is 2. The molecular formula is C23H26ClN5O5S2. The fourth-order valence-corrected chi connectivity index (χ4v) is 5.90. The predicted molar refractivity (Wildman–Crippen MR) is 137 cm³/mol. The highest BCUT2D eigenvalue weighted by Crippen LogP contribution is 2.33. The molecule has 192 valence electrons. The zero-order valence-corrected chi connectivity index (χ0v) is 21.7. The average molecular weight is 552 g/mol. The van der Waals surface area contributed by atoms with Crippen LogP contribution in [0.2, 0.25) is 5.02 Å². The Morgan fingerprint density at radius 1 is 1.36 bits per heavy atom. The van der Waals surface area contributed by atoms with Gasteiger partial charge >= 0.3 is 10.3 Å². The van der Waals surface area contributed by atoms with Gasteiger partial charge in [-0.15, -0.1) is 11.3 Å². The highest BCUT2D eigenvalue weighted by Gasteiger charge is 2.35. The second kappa shape index (κ2) is 10.9. The Kier molecular flexibility index (Phi) is 8.05. The Labute approximate surface area is 217 Å². The number of carbonyl (C=O) groups excluding carboxylic acids is 1. The molecule has 0 bridgehead atoms. The van der Waals surface area contributed by atoms with Gasteiger partial charge in [-0.3, -0.25) is 8.98 Å². The van der Waals surface area contributed by atoms with E-state index in [1.165, 1.54) is 23.9 Å². The van der Waals surface area contributed by atoms with Gasteiger partial charge in [-0.1, -0.05) is 23.7 Å². The van der Waals surface area contributed by atoms with Crippen LogP contribution < -0.4 is 16.2 Å². The van der Waals surface area contributed by atoms with E-state index in [9.17, 15) is 18.3 Å². The lowest BCUT2D eigenvalue weighted by Gasteiger charge is -2.15. The highest BCUT2D eigenvalue weighted by molar-refractivity contribution is 7.84. The number of aliphatic hydroxyl groups is 1. The van der Waals surface area contributed by atoms with Crippen LogP contribution in [0.15, 0.2) is 42.9 Å². The zero-order valence-electron chi connectivity index (χ0n) is 19.3. The van der Waals surface area contributed by atoms with Crippen molar-refractivity contribution in [3.63, 3.8) is 0 Å². The molecule has 1 aliphatic rings. The number of nitrogens with one attached hydrogen (secondary N) is 1. The molecule has 36 heavy (non-hydrogen) atoms. The Balaban J connectivity index is 1.51. The zero-order chi connectivity index (χ0) is 26.0. The molecule has 0 unspecified atom stereocenters. The minimum atomic E-state index is -4.10. The summed E-state index contributed by atoms with van der Waals surface area (Å²) in [6.07, 6.45) is 2.71. The van der Waals surface area contributed by atoms with Crippen molar-refractivity contribution in [3.05, 3.63) is 74.3 Å². The molecule has 0 saturated heterocycles. The Morgan fingerprint density at radius 3 is 2.86 bits per heavy atom. The van der Waals surface area contributed by atoms with E-state index in [-0.39, 0.29) is 24.0 Å². The molecule has 3 aromatic rings. The normalized spacial score (nSPS) is 20.9. The van der Waals surface area contributed by atoms with E-state index in [1.807, 2.05) is 19.1 Å². The molecule has 2 aromatic heterocycles. The van der Waals surface area contributed by atoms with Gasteiger partial charge in [0.05, 0.1) is 29.2 Å². The van der Waals surface area contributed by atoms with Crippen LogP contribution in [0.3, 0.4) is 0 Å². The number of halogens is 1. The number of hydrogen-bond acceptors (Lipinski definition) is 10. The maximum Gasteiger partial charge on any atom is 0.333 e. The molecule has 1 aliphatic carbocycles. The number of anilines is 1. The van der Waals surface area contributed by atoms with Crippen LogP contribution in [0.25, 0.3) is 0 Å². The molecule has 4 atom stereocenters. The van der Waals surface area contributed by atoms with Crippen molar-refractivity contribution in [3.8, 4) is 0 Å². The average Bonchev–Trinajstić information content (AvgIpc) is 3.38. The van der Waals surface area contributed by atoms with E-state index in [2.05, 4.69) is 19.5 Å². The first kappa shape index (κ1) is 26.6. The molecule has 0 radical (unpaired) electrons. The van der Waals surface area contributed by atoms with Crippen molar-refractivity contribution in [1.82, 2.24) is 9.97 Å². The fraction of sp³-hybridized carbons (Fsp3) is 0.348. The highest BCUT2D eigenvalue weighted by atomic mass is 35.5. The molecule has 4 rings (SSSR count). The molecule has 1 aromatic carbocycles. The topological polar surface area (TPSA) is 171 Å². The third kappa shape index (κ3) is 6.27. The first-order valence-corrected chi connectivity index (χ1v) is 13.8. The number of ketones is 1. The number of aryl methyl sites for hydroxylation is 1. The van der Waals surface area contributed by atoms with Crippen LogP contribution in [0.1, 0.15) is 50.1 Å². The van der Waals surface area contributed by atoms with E-state index < -0.39 is 28.4 Å². The summed E-state index contributed by atoms with van der Waals surface area (Å²) in [5.41, 5.74) is 8.42. The van der Waals surface area contributed by atoms with Crippen molar-refractivity contribution >= 4 is 44.8 Å². The Morgan fingerprint density at radius 2 is 2.14 bits per heavy atom. The van der Waals surface area contributed by atoms with Crippen molar-refractivity contribution in [2.75, 3.05) is 11.9 Å². The standard InChI is InChI=1S/C23H26ClN5O5S2/c1-12-17(21(25)13-3-2-4-15(24)5-13)8-20(35-12)22(31)18-9-27-11-28-23(18)29-16-6-14(19(30)7-16)10-34-36(26,32)33/h2-5,8-9,11,14,16,19,21,30H,6-7,10,25H2,1H3,(H2,26,32,33)(H,27,28,29)/t14-,16-,19+,21+/m1/s1. The van der Waals surface area contributed by atoms with Gasteiger partial charge in [0, 0.05) is 28.1 Å². The van der Waals surface area contributed by atoms with E-state index in [1.54, 1.807) is 18.2 Å². The number of nitrogens with two attached hydrogens (primary N) is 2. The van der Waals surface area contributed by atoms with Gasteiger partial charge in [-0.2, -0.15) is 8.42 Å². The van der Waals surface area contributed by atoms with Gasteiger partial charge in [0.1, 0.15) is 12.1 Å². The summed E-state index contributed by atoms with van der Waals surface area (Å²) in [5, 5.41) is 19.0. The lowest BCUT2D eigenvalue weighted by atomic mass is 9.99. The van der Waals surface area contributed by atoms with Gasteiger partial charge < -0.3 is 16.2 Å². The monoisotopic (exact) mass is 551 g/mol. The number of carbonyl (C=O) groups is 1. The summed E-state index contributed by atoms with van der Waals surface area (Å²) in [5.74, 6) is -0.368. The minimum absolute atomic E-state index is 0.224. The third-order valence-electron chi connectivity index (χ3n) is 6.12. The van der Waals surface area contributed by atoms with Crippen LogP contribution in [-0.2, 0) is 14.5 Å². The number of aliphatic hydroxyl groups excluding tert-OH is 1.